The lowest BCUT2D eigenvalue weighted by Gasteiger charge is -2.11. The van der Waals surface area contributed by atoms with Crippen molar-refractivity contribution >= 4 is 21.7 Å². The fourth-order valence-electron chi connectivity index (χ4n) is 1.45. The SMILES string of the molecule is CCOc1ccc(NS(=O)(=O)CCC(=O)O)c(C)c1. The Morgan fingerprint density at radius 3 is 2.63 bits per heavy atom. The highest BCUT2D eigenvalue weighted by molar-refractivity contribution is 7.92. The molecule has 106 valence electrons. The van der Waals surface area contributed by atoms with E-state index in [-0.39, 0.29) is 0 Å². The number of carboxylic acid groups (broad SMARTS) is 1. The number of carbonyl (C=O) groups is 1. The summed E-state index contributed by atoms with van der Waals surface area (Å²) in [6, 6.07) is 4.97. The Labute approximate surface area is 112 Å². The van der Waals surface area contributed by atoms with Gasteiger partial charge in [-0.2, -0.15) is 0 Å². The molecule has 0 aromatic heterocycles. The van der Waals surface area contributed by atoms with Crippen LogP contribution in [0.5, 0.6) is 5.75 Å². The molecular formula is C12H17NO5S. The van der Waals surface area contributed by atoms with Crippen molar-refractivity contribution in [3.8, 4) is 5.75 Å². The summed E-state index contributed by atoms with van der Waals surface area (Å²) in [5.41, 5.74) is 1.14. The van der Waals surface area contributed by atoms with E-state index in [9.17, 15) is 13.2 Å². The molecule has 0 fully saturated rings. The molecule has 0 unspecified atom stereocenters. The maximum Gasteiger partial charge on any atom is 0.304 e. The topological polar surface area (TPSA) is 92.7 Å². The quantitative estimate of drug-likeness (QED) is 0.794. The lowest BCUT2D eigenvalue weighted by molar-refractivity contribution is -0.136. The average molecular weight is 287 g/mol. The summed E-state index contributed by atoms with van der Waals surface area (Å²) in [4.78, 5) is 10.4. The predicted octanol–water partition coefficient (Wildman–Crippen LogP) is 1.61. The van der Waals surface area contributed by atoms with Crippen LogP contribution in [0.15, 0.2) is 18.2 Å². The number of nitrogens with one attached hydrogen (secondary N) is 1. The molecule has 0 bridgehead atoms. The van der Waals surface area contributed by atoms with Crippen molar-refractivity contribution in [3.63, 3.8) is 0 Å². The van der Waals surface area contributed by atoms with Crippen LogP contribution < -0.4 is 9.46 Å². The fraction of sp³-hybridized carbons (Fsp3) is 0.417. The van der Waals surface area contributed by atoms with Crippen molar-refractivity contribution in [1.29, 1.82) is 0 Å². The number of hydrogen-bond acceptors (Lipinski definition) is 4. The number of aryl methyl sites for hydroxylation is 1. The first-order chi connectivity index (χ1) is 8.84. The third-order valence-corrected chi connectivity index (χ3v) is 3.63. The Bertz CT molecular complexity index is 553. The van der Waals surface area contributed by atoms with Gasteiger partial charge in [-0.05, 0) is 37.6 Å². The highest BCUT2D eigenvalue weighted by Gasteiger charge is 2.14. The normalized spacial score (nSPS) is 11.1. The molecule has 0 aliphatic rings. The zero-order chi connectivity index (χ0) is 14.5. The minimum absolute atomic E-state index is 0.425. The number of aliphatic carboxylic acids is 1. The summed E-state index contributed by atoms with van der Waals surface area (Å²) in [6.45, 7) is 4.14. The highest BCUT2D eigenvalue weighted by atomic mass is 32.2. The number of hydrogen-bond donors (Lipinski definition) is 2. The Kier molecular flexibility index (Phi) is 5.17. The van der Waals surface area contributed by atoms with Gasteiger partial charge in [-0.1, -0.05) is 0 Å². The molecule has 0 radical (unpaired) electrons. The smallest absolute Gasteiger partial charge is 0.304 e. The third-order valence-electron chi connectivity index (χ3n) is 2.36. The van der Waals surface area contributed by atoms with Gasteiger partial charge in [-0.15, -0.1) is 0 Å². The summed E-state index contributed by atoms with van der Waals surface area (Å²) in [5.74, 6) is -0.933. The van der Waals surface area contributed by atoms with Crippen molar-refractivity contribution in [2.45, 2.75) is 20.3 Å². The van der Waals surface area contributed by atoms with Crippen LogP contribution in [0.3, 0.4) is 0 Å². The largest absolute Gasteiger partial charge is 0.494 e. The van der Waals surface area contributed by atoms with Gasteiger partial charge in [0.1, 0.15) is 5.75 Å². The summed E-state index contributed by atoms with van der Waals surface area (Å²) in [7, 11) is -3.65. The van der Waals surface area contributed by atoms with Crippen molar-refractivity contribution in [1.82, 2.24) is 0 Å². The van der Waals surface area contributed by atoms with Crippen LogP contribution in [0.2, 0.25) is 0 Å². The molecule has 0 heterocycles. The van der Waals surface area contributed by atoms with Crippen molar-refractivity contribution in [2.75, 3.05) is 17.1 Å². The molecule has 2 N–H and O–H groups in total. The number of carboxylic acids is 1. The van der Waals surface area contributed by atoms with E-state index in [4.69, 9.17) is 9.84 Å². The lowest BCUT2D eigenvalue weighted by atomic mass is 10.2. The number of ether oxygens (including phenoxy) is 1. The van der Waals surface area contributed by atoms with Crippen LogP contribution >= 0.6 is 0 Å². The Morgan fingerprint density at radius 2 is 2.11 bits per heavy atom. The lowest BCUT2D eigenvalue weighted by Crippen LogP contribution is -2.19. The zero-order valence-corrected chi connectivity index (χ0v) is 11.7. The van der Waals surface area contributed by atoms with Gasteiger partial charge in [0.15, 0.2) is 0 Å². The van der Waals surface area contributed by atoms with Crippen molar-refractivity contribution in [3.05, 3.63) is 23.8 Å². The van der Waals surface area contributed by atoms with Gasteiger partial charge in [0.25, 0.3) is 0 Å². The summed E-state index contributed by atoms with van der Waals surface area (Å²) in [6.07, 6.45) is -0.425. The first-order valence-electron chi connectivity index (χ1n) is 5.80. The van der Waals surface area contributed by atoms with E-state index in [1.807, 2.05) is 6.92 Å². The molecule has 1 rings (SSSR count). The fourth-order valence-corrected chi connectivity index (χ4v) is 2.56. The molecule has 1 aromatic carbocycles. The summed E-state index contributed by atoms with van der Waals surface area (Å²) >= 11 is 0. The van der Waals surface area contributed by atoms with E-state index < -0.39 is 28.2 Å². The molecule has 6 nitrogen and oxygen atoms in total. The van der Waals surface area contributed by atoms with E-state index >= 15 is 0 Å². The van der Waals surface area contributed by atoms with Crippen LogP contribution in [0.25, 0.3) is 0 Å². The predicted molar refractivity (Wildman–Crippen MR) is 72.0 cm³/mol. The number of sulfonamides is 1. The maximum atomic E-state index is 11.7. The molecular weight excluding hydrogens is 270 g/mol. The van der Waals surface area contributed by atoms with Gasteiger partial charge in [0, 0.05) is 0 Å². The van der Waals surface area contributed by atoms with Gasteiger partial charge in [-0.3, -0.25) is 9.52 Å². The van der Waals surface area contributed by atoms with Crippen molar-refractivity contribution < 1.29 is 23.1 Å². The Balaban J connectivity index is 2.79. The molecule has 19 heavy (non-hydrogen) atoms. The van der Waals surface area contributed by atoms with Gasteiger partial charge in [0.05, 0.1) is 24.5 Å². The number of anilines is 1. The van der Waals surface area contributed by atoms with E-state index in [0.29, 0.717) is 23.6 Å². The average Bonchev–Trinajstić information content (AvgIpc) is 2.31. The summed E-state index contributed by atoms with van der Waals surface area (Å²) < 4.78 is 31.0. The molecule has 0 aliphatic heterocycles. The standard InChI is InChI=1S/C12H17NO5S/c1-3-18-10-4-5-11(9(2)8-10)13-19(16,17)7-6-12(14)15/h4-5,8,13H,3,6-7H2,1-2H3,(H,14,15). The molecule has 0 saturated carbocycles. The minimum atomic E-state index is -3.65. The second-order valence-corrected chi connectivity index (χ2v) is 5.82. The van der Waals surface area contributed by atoms with Crippen LogP contribution in [0, 0.1) is 6.92 Å². The van der Waals surface area contributed by atoms with Gasteiger partial charge >= 0.3 is 5.97 Å². The molecule has 0 atom stereocenters. The van der Waals surface area contributed by atoms with Crippen LogP contribution in [0.4, 0.5) is 5.69 Å². The molecule has 0 amide bonds. The molecule has 1 aromatic rings. The molecule has 0 spiro atoms. The number of rotatable bonds is 7. The summed E-state index contributed by atoms with van der Waals surface area (Å²) in [5, 5.41) is 8.48. The van der Waals surface area contributed by atoms with E-state index in [1.54, 1.807) is 25.1 Å². The second kappa shape index (κ2) is 6.42. The Morgan fingerprint density at radius 1 is 1.42 bits per heavy atom. The number of benzene rings is 1. The van der Waals surface area contributed by atoms with Crippen LogP contribution in [-0.4, -0.2) is 31.9 Å². The van der Waals surface area contributed by atoms with Gasteiger partial charge < -0.3 is 9.84 Å². The Hall–Kier alpha value is -1.76. The zero-order valence-electron chi connectivity index (χ0n) is 10.8. The first kappa shape index (κ1) is 15.3. The van der Waals surface area contributed by atoms with E-state index in [1.165, 1.54) is 0 Å². The maximum absolute atomic E-state index is 11.7. The monoisotopic (exact) mass is 287 g/mol. The second-order valence-electron chi connectivity index (χ2n) is 3.97. The third kappa shape index (κ3) is 5.17. The van der Waals surface area contributed by atoms with Crippen LogP contribution in [-0.2, 0) is 14.8 Å². The highest BCUT2D eigenvalue weighted by Crippen LogP contribution is 2.22. The van der Waals surface area contributed by atoms with E-state index in [0.717, 1.165) is 0 Å². The van der Waals surface area contributed by atoms with Crippen LogP contribution in [0.1, 0.15) is 18.9 Å². The molecule has 7 heteroatoms. The minimum Gasteiger partial charge on any atom is -0.494 e. The van der Waals surface area contributed by atoms with Gasteiger partial charge in [-0.25, -0.2) is 8.42 Å². The molecule has 0 aliphatic carbocycles. The molecule has 0 saturated heterocycles. The van der Waals surface area contributed by atoms with Crippen molar-refractivity contribution in [2.24, 2.45) is 0 Å². The first-order valence-corrected chi connectivity index (χ1v) is 7.45. The van der Waals surface area contributed by atoms with E-state index in [2.05, 4.69) is 4.72 Å². The van der Waals surface area contributed by atoms with Gasteiger partial charge in [0.2, 0.25) is 10.0 Å².